The smallest absolute Gasteiger partial charge is 0.311 e. The zero-order valence-corrected chi connectivity index (χ0v) is 11.8. The topological polar surface area (TPSA) is 53.4 Å². The zero-order chi connectivity index (χ0) is 14.7. The van der Waals surface area contributed by atoms with Crippen molar-refractivity contribution in [1.29, 1.82) is 0 Å². The third-order valence-electron chi connectivity index (χ3n) is 4.06. The van der Waals surface area contributed by atoms with Crippen molar-refractivity contribution >= 4 is 11.7 Å². The first-order valence-corrected chi connectivity index (χ1v) is 7.21. The highest BCUT2D eigenvalue weighted by Gasteiger charge is 2.29. The van der Waals surface area contributed by atoms with Gasteiger partial charge in [0.1, 0.15) is 0 Å². The standard InChI is InChI=1S/C17H18N2O2/c20-17(21)15-8-12-19(16-4-2-1-3-14(15)16)11-7-13-5-9-18-10-6-13/h1-6,9-10,15H,7-8,11-12H2,(H,20,21). The molecular formula is C17H18N2O2. The molecule has 1 aliphatic rings. The second-order valence-corrected chi connectivity index (χ2v) is 5.33. The van der Waals surface area contributed by atoms with E-state index in [9.17, 15) is 9.90 Å². The molecule has 3 rings (SSSR count). The van der Waals surface area contributed by atoms with Gasteiger partial charge < -0.3 is 10.0 Å². The Morgan fingerprint density at radius 3 is 2.76 bits per heavy atom. The number of pyridine rings is 1. The summed E-state index contributed by atoms with van der Waals surface area (Å²) >= 11 is 0. The van der Waals surface area contributed by atoms with Gasteiger partial charge in [0.05, 0.1) is 5.92 Å². The molecule has 4 nitrogen and oxygen atoms in total. The molecule has 108 valence electrons. The van der Waals surface area contributed by atoms with Crippen LogP contribution in [0.5, 0.6) is 0 Å². The average molecular weight is 282 g/mol. The summed E-state index contributed by atoms with van der Waals surface area (Å²) in [5.41, 5.74) is 3.25. The van der Waals surface area contributed by atoms with Crippen LogP contribution in [0.3, 0.4) is 0 Å². The predicted molar refractivity (Wildman–Crippen MR) is 81.6 cm³/mol. The van der Waals surface area contributed by atoms with Crippen molar-refractivity contribution in [2.24, 2.45) is 0 Å². The first-order chi connectivity index (χ1) is 10.3. The van der Waals surface area contributed by atoms with Gasteiger partial charge in [-0.05, 0) is 42.2 Å². The first-order valence-electron chi connectivity index (χ1n) is 7.21. The molecule has 0 fully saturated rings. The number of carbonyl (C=O) groups is 1. The molecule has 1 N–H and O–H groups in total. The molecule has 1 aromatic heterocycles. The number of aliphatic carboxylic acids is 1. The summed E-state index contributed by atoms with van der Waals surface area (Å²) < 4.78 is 0. The second kappa shape index (κ2) is 5.95. The fourth-order valence-corrected chi connectivity index (χ4v) is 2.93. The SMILES string of the molecule is O=C(O)C1CCN(CCc2ccncc2)c2ccccc21. The predicted octanol–water partition coefficient (Wildman–Crippen LogP) is 2.70. The molecule has 0 saturated heterocycles. The lowest BCUT2D eigenvalue weighted by atomic mass is 9.90. The number of fused-ring (bicyclic) bond motifs is 1. The van der Waals surface area contributed by atoms with Crippen LogP contribution in [-0.2, 0) is 11.2 Å². The highest BCUT2D eigenvalue weighted by atomic mass is 16.4. The van der Waals surface area contributed by atoms with E-state index in [0.29, 0.717) is 6.42 Å². The fourth-order valence-electron chi connectivity index (χ4n) is 2.93. The number of anilines is 1. The van der Waals surface area contributed by atoms with Crippen LogP contribution in [0, 0.1) is 0 Å². The van der Waals surface area contributed by atoms with E-state index in [2.05, 4.69) is 9.88 Å². The van der Waals surface area contributed by atoms with Gasteiger partial charge >= 0.3 is 5.97 Å². The molecule has 0 aliphatic carbocycles. The molecular weight excluding hydrogens is 264 g/mol. The average Bonchev–Trinajstić information content (AvgIpc) is 2.53. The van der Waals surface area contributed by atoms with E-state index >= 15 is 0 Å². The Morgan fingerprint density at radius 1 is 1.24 bits per heavy atom. The minimum absolute atomic E-state index is 0.377. The molecule has 4 heteroatoms. The van der Waals surface area contributed by atoms with Crippen molar-refractivity contribution in [3.05, 3.63) is 59.9 Å². The summed E-state index contributed by atoms with van der Waals surface area (Å²) in [7, 11) is 0. The number of hydrogen-bond acceptors (Lipinski definition) is 3. The van der Waals surface area contributed by atoms with Gasteiger partial charge in [-0.1, -0.05) is 18.2 Å². The van der Waals surface area contributed by atoms with Crippen LogP contribution in [-0.4, -0.2) is 29.1 Å². The van der Waals surface area contributed by atoms with Gasteiger partial charge in [0.25, 0.3) is 0 Å². The van der Waals surface area contributed by atoms with E-state index in [-0.39, 0.29) is 5.92 Å². The van der Waals surface area contributed by atoms with Crippen LogP contribution < -0.4 is 4.90 Å². The molecule has 0 spiro atoms. The van der Waals surface area contributed by atoms with E-state index in [1.54, 1.807) is 12.4 Å². The normalized spacial score (nSPS) is 17.3. The monoisotopic (exact) mass is 282 g/mol. The largest absolute Gasteiger partial charge is 0.481 e. The third-order valence-corrected chi connectivity index (χ3v) is 4.06. The number of benzene rings is 1. The number of rotatable bonds is 4. The zero-order valence-electron chi connectivity index (χ0n) is 11.8. The van der Waals surface area contributed by atoms with Crippen LogP contribution in [0.15, 0.2) is 48.8 Å². The summed E-state index contributed by atoms with van der Waals surface area (Å²) in [5, 5.41) is 9.35. The molecule has 1 atom stereocenters. The van der Waals surface area contributed by atoms with E-state index in [0.717, 1.165) is 30.8 Å². The first kappa shape index (κ1) is 13.6. The number of hydrogen-bond donors (Lipinski definition) is 1. The van der Waals surface area contributed by atoms with Gasteiger partial charge in [0.2, 0.25) is 0 Å². The van der Waals surface area contributed by atoms with Crippen LogP contribution in [0.25, 0.3) is 0 Å². The quantitative estimate of drug-likeness (QED) is 0.936. The van der Waals surface area contributed by atoms with Crippen molar-refractivity contribution in [2.45, 2.75) is 18.8 Å². The van der Waals surface area contributed by atoms with E-state index in [4.69, 9.17) is 0 Å². The molecule has 2 aromatic rings. The third kappa shape index (κ3) is 2.89. The van der Waals surface area contributed by atoms with Crippen molar-refractivity contribution in [2.75, 3.05) is 18.0 Å². The van der Waals surface area contributed by atoms with Crippen LogP contribution in [0.1, 0.15) is 23.5 Å². The minimum Gasteiger partial charge on any atom is -0.481 e. The number of carboxylic acid groups (broad SMARTS) is 1. The lowest BCUT2D eigenvalue weighted by molar-refractivity contribution is -0.139. The molecule has 0 amide bonds. The molecule has 2 heterocycles. The second-order valence-electron chi connectivity index (χ2n) is 5.33. The molecule has 1 aliphatic heterocycles. The van der Waals surface area contributed by atoms with Gasteiger partial charge in [-0.25, -0.2) is 0 Å². The Bertz CT molecular complexity index is 628. The summed E-state index contributed by atoms with van der Waals surface area (Å²) in [6.45, 7) is 1.69. The lowest BCUT2D eigenvalue weighted by Gasteiger charge is -2.34. The Balaban J connectivity index is 1.78. The summed E-state index contributed by atoms with van der Waals surface area (Å²) in [6, 6.07) is 11.9. The van der Waals surface area contributed by atoms with Gasteiger partial charge in [0, 0.05) is 31.2 Å². The van der Waals surface area contributed by atoms with Crippen molar-refractivity contribution in [1.82, 2.24) is 4.98 Å². The van der Waals surface area contributed by atoms with Gasteiger partial charge in [-0.3, -0.25) is 9.78 Å². The molecule has 1 unspecified atom stereocenters. The Hall–Kier alpha value is -2.36. The molecule has 0 saturated carbocycles. The number of carboxylic acids is 1. The van der Waals surface area contributed by atoms with Crippen LogP contribution in [0.4, 0.5) is 5.69 Å². The number of para-hydroxylation sites is 1. The van der Waals surface area contributed by atoms with E-state index < -0.39 is 5.97 Å². The van der Waals surface area contributed by atoms with Crippen molar-refractivity contribution in [3.8, 4) is 0 Å². The highest BCUT2D eigenvalue weighted by Crippen LogP contribution is 2.35. The molecule has 21 heavy (non-hydrogen) atoms. The summed E-state index contributed by atoms with van der Waals surface area (Å²) in [4.78, 5) is 17.7. The molecule has 0 radical (unpaired) electrons. The summed E-state index contributed by atoms with van der Waals surface area (Å²) in [6.07, 6.45) is 5.22. The number of aromatic nitrogens is 1. The van der Waals surface area contributed by atoms with Crippen molar-refractivity contribution in [3.63, 3.8) is 0 Å². The maximum Gasteiger partial charge on any atom is 0.311 e. The Morgan fingerprint density at radius 2 is 2.00 bits per heavy atom. The Kier molecular flexibility index (Phi) is 3.86. The van der Waals surface area contributed by atoms with Gasteiger partial charge in [-0.15, -0.1) is 0 Å². The Labute approximate surface area is 124 Å². The van der Waals surface area contributed by atoms with Gasteiger partial charge in [-0.2, -0.15) is 0 Å². The molecule has 1 aromatic carbocycles. The molecule has 0 bridgehead atoms. The maximum atomic E-state index is 11.4. The fraction of sp³-hybridized carbons (Fsp3) is 0.294. The summed E-state index contributed by atoms with van der Waals surface area (Å²) in [5.74, 6) is -1.10. The number of nitrogens with zero attached hydrogens (tertiary/aromatic N) is 2. The van der Waals surface area contributed by atoms with Gasteiger partial charge in [0.15, 0.2) is 0 Å². The van der Waals surface area contributed by atoms with Crippen molar-refractivity contribution < 1.29 is 9.90 Å². The minimum atomic E-state index is -0.726. The highest BCUT2D eigenvalue weighted by molar-refractivity contribution is 5.80. The lowest BCUT2D eigenvalue weighted by Crippen LogP contribution is -2.34. The van der Waals surface area contributed by atoms with E-state index in [1.165, 1.54) is 5.56 Å². The maximum absolute atomic E-state index is 11.4. The van der Waals surface area contributed by atoms with E-state index in [1.807, 2.05) is 36.4 Å². The van der Waals surface area contributed by atoms with Crippen LogP contribution in [0.2, 0.25) is 0 Å². The van der Waals surface area contributed by atoms with Crippen LogP contribution >= 0.6 is 0 Å².